The molecule has 4 heteroatoms. The number of aryl methyl sites for hydroxylation is 1. The van der Waals surface area contributed by atoms with Gasteiger partial charge in [0.05, 0.1) is 5.69 Å². The summed E-state index contributed by atoms with van der Waals surface area (Å²) in [4.78, 5) is 0. The smallest absolute Gasteiger partial charge is 0.139 e. The normalized spacial score (nSPS) is 12.0. The molecule has 0 amide bonds. The van der Waals surface area contributed by atoms with E-state index in [4.69, 9.17) is 4.74 Å². The van der Waals surface area contributed by atoms with Crippen molar-refractivity contribution in [1.29, 1.82) is 0 Å². The highest BCUT2D eigenvalue weighted by Gasteiger charge is 2.11. The zero-order chi connectivity index (χ0) is 11.3. The first-order valence-corrected chi connectivity index (χ1v) is 9.32. The summed E-state index contributed by atoms with van der Waals surface area (Å²) < 4.78 is 7.45. The largest absolute Gasteiger partial charge is 0.360 e. The van der Waals surface area contributed by atoms with E-state index in [1.165, 1.54) is 6.04 Å². The maximum Gasteiger partial charge on any atom is 0.139 e. The second-order valence-corrected chi connectivity index (χ2v) is 10.7. The number of hydrogen-bond donors (Lipinski definition) is 0. The molecule has 0 fully saturated rings. The topological polar surface area (TPSA) is 27.1 Å². The molecule has 0 saturated heterocycles. The Bertz CT molecular complexity index is 291. The van der Waals surface area contributed by atoms with Gasteiger partial charge in [-0.1, -0.05) is 26.6 Å². The molecule has 1 heterocycles. The number of nitrogens with zero attached hydrogens (tertiary/aromatic N) is 2. The van der Waals surface area contributed by atoms with Gasteiger partial charge < -0.3 is 4.74 Å². The number of hydrogen-bond acceptors (Lipinski definition) is 2. The molecule has 3 nitrogen and oxygen atoms in total. The van der Waals surface area contributed by atoms with E-state index in [1.807, 2.05) is 16.9 Å². The van der Waals surface area contributed by atoms with E-state index >= 15 is 0 Å². The Morgan fingerprint density at radius 2 is 2.13 bits per heavy atom. The van der Waals surface area contributed by atoms with Crippen LogP contribution in [0.5, 0.6) is 0 Å². The van der Waals surface area contributed by atoms with Gasteiger partial charge >= 0.3 is 0 Å². The SMILES string of the molecule is CCc1ccn(COCC[Si](C)(C)C)n1. The van der Waals surface area contributed by atoms with Gasteiger partial charge in [0.1, 0.15) is 6.73 Å². The van der Waals surface area contributed by atoms with Crippen LogP contribution in [0.4, 0.5) is 0 Å². The fraction of sp³-hybridized carbons (Fsp3) is 0.727. The van der Waals surface area contributed by atoms with Crippen molar-refractivity contribution in [2.45, 2.75) is 45.8 Å². The minimum absolute atomic E-state index is 0.588. The molecule has 0 atom stereocenters. The average Bonchev–Trinajstić information content (AvgIpc) is 2.59. The summed E-state index contributed by atoms with van der Waals surface area (Å²) in [5, 5.41) is 4.37. The molecule has 0 bridgehead atoms. The zero-order valence-electron chi connectivity index (χ0n) is 10.3. The number of aromatic nitrogens is 2. The monoisotopic (exact) mass is 226 g/mol. The van der Waals surface area contributed by atoms with Crippen LogP contribution >= 0.6 is 0 Å². The molecule has 1 aromatic heterocycles. The molecule has 0 saturated carbocycles. The number of rotatable bonds is 6. The van der Waals surface area contributed by atoms with Crippen LogP contribution < -0.4 is 0 Å². The Balaban J connectivity index is 2.20. The van der Waals surface area contributed by atoms with Crippen molar-refractivity contribution in [3.05, 3.63) is 18.0 Å². The van der Waals surface area contributed by atoms with Crippen molar-refractivity contribution in [2.24, 2.45) is 0 Å². The predicted molar refractivity (Wildman–Crippen MR) is 65.7 cm³/mol. The molecule has 0 aliphatic carbocycles. The first kappa shape index (κ1) is 12.5. The third-order valence-corrected chi connectivity index (χ3v) is 3.98. The molecule has 1 aromatic rings. The van der Waals surface area contributed by atoms with Gasteiger partial charge in [-0.25, -0.2) is 4.68 Å². The van der Waals surface area contributed by atoms with Gasteiger partial charge in [-0.2, -0.15) is 5.10 Å². The second kappa shape index (κ2) is 5.46. The molecule has 0 unspecified atom stereocenters. The summed E-state index contributed by atoms with van der Waals surface area (Å²) in [6.45, 7) is 10.6. The molecular formula is C11H22N2OSi. The summed E-state index contributed by atoms with van der Waals surface area (Å²) in [5.41, 5.74) is 1.13. The lowest BCUT2D eigenvalue weighted by Gasteiger charge is -2.15. The fourth-order valence-corrected chi connectivity index (χ4v) is 1.96. The quantitative estimate of drug-likeness (QED) is 0.551. The molecule has 1 rings (SSSR count). The maximum atomic E-state index is 5.59. The predicted octanol–water partition coefficient (Wildman–Crippen LogP) is 2.76. The average molecular weight is 226 g/mol. The van der Waals surface area contributed by atoms with Crippen LogP contribution in [0.1, 0.15) is 12.6 Å². The Kier molecular flexibility index (Phi) is 4.54. The molecule has 15 heavy (non-hydrogen) atoms. The second-order valence-electron chi connectivity index (χ2n) is 5.05. The van der Waals surface area contributed by atoms with Crippen molar-refractivity contribution >= 4 is 8.07 Å². The third kappa shape index (κ3) is 5.13. The van der Waals surface area contributed by atoms with Gasteiger partial charge in [-0.15, -0.1) is 0 Å². The minimum atomic E-state index is -0.952. The van der Waals surface area contributed by atoms with Crippen molar-refractivity contribution in [3.63, 3.8) is 0 Å². The highest BCUT2D eigenvalue weighted by Crippen LogP contribution is 2.07. The van der Waals surface area contributed by atoms with Gasteiger partial charge in [0.25, 0.3) is 0 Å². The fourth-order valence-electron chi connectivity index (χ4n) is 1.20. The van der Waals surface area contributed by atoms with Gasteiger partial charge in [0.15, 0.2) is 0 Å². The summed E-state index contributed by atoms with van der Waals surface area (Å²) in [6, 6.07) is 3.26. The lowest BCUT2D eigenvalue weighted by atomic mass is 10.4. The molecule has 0 radical (unpaired) electrons. The van der Waals surface area contributed by atoms with Crippen LogP contribution in [0.25, 0.3) is 0 Å². The summed E-state index contributed by atoms with van der Waals surface area (Å²) in [6.07, 6.45) is 2.97. The van der Waals surface area contributed by atoms with E-state index in [0.29, 0.717) is 6.73 Å². The molecule has 0 spiro atoms. The molecule has 86 valence electrons. The molecule has 0 aliphatic rings. The zero-order valence-corrected chi connectivity index (χ0v) is 11.3. The van der Waals surface area contributed by atoms with E-state index in [9.17, 15) is 0 Å². The summed E-state index contributed by atoms with van der Waals surface area (Å²) in [5.74, 6) is 0. The lowest BCUT2D eigenvalue weighted by molar-refractivity contribution is 0.0783. The highest BCUT2D eigenvalue weighted by atomic mass is 28.3. The van der Waals surface area contributed by atoms with Crippen LogP contribution in [-0.2, 0) is 17.9 Å². The van der Waals surface area contributed by atoms with Gasteiger partial charge in [0.2, 0.25) is 0 Å². The summed E-state index contributed by atoms with van der Waals surface area (Å²) >= 11 is 0. The van der Waals surface area contributed by atoms with Crippen molar-refractivity contribution in [1.82, 2.24) is 9.78 Å². The first-order valence-electron chi connectivity index (χ1n) is 5.61. The van der Waals surface area contributed by atoms with Crippen molar-refractivity contribution < 1.29 is 4.74 Å². The van der Waals surface area contributed by atoms with Gasteiger partial charge in [0, 0.05) is 20.9 Å². The van der Waals surface area contributed by atoms with Crippen molar-refractivity contribution in [2.75, 3.05) is 6.61 Å². The lowest BCUT2D eigenvalue weighted by Crippen LogP contribution is -2.22. The molecule has 0 aromatic carbocycles. The maximum absolute atomic E-state index is 5.59. The minimum Gasteiger partial charge on any atom is -0.360 e. The third-order valence-electron chi connectivity index (χ3n) is 2.28. The van der Waals surface area contributed by atoms with Crippen LogP contribution in [-0.4, -0.2) is 24.5 Å². The Morgan fingerprint density at radius 1 is 1.40 bits per heavy atom. The first-order chi connectivity index (χ1) is 7.01. The standard InChI is InChI=1S/C11H22N2OSi/c1-5-11-6-7-13(12-11)10-14-8-9-15(2,3)4/h6-7H,5,8-10H2,1-4H3. The van der Waals surface area contributed by atoms with Gasteiger partial charge in [-0.3, -0.25) is 0 Å². The van der Waals surface area contributed by atoms with E-state index < -0.39 is 8.07 Å². The summed E-state index contributed by atoms with van der Waals surface area (Å²) in [7, 11) is -0.952. The molecule has 0 N–H and O–H groups in total. The van der Waals surface area contributed by atoms with Crippen LogP contribution in [0.2, 0.25) is 25.7 Å². The van der Waals surface area contributed by atoms with Crippen LogP contribution in [0.3, 0.4) is 0 Å². The van der Waals surface area contributed by atoms with Gasteiger partial charge in [-0.05, 0) is 18.5 Å². The van der Waals surface area contributed by atoms with E-state index in [0.717, 1.165) is 18.7 Å². The van der Waals surface area contributed by atoms with Crippen molar-refractivity contribution in [3.8, 4) is 0 Å². The molecule has 0 aliphatic heterocycles. The van der Waals surface area contributed by atoms with E-state index in [2.05, 4.69) is 31.7 Å². The Hall–Kier alpha value is -0.613. The van der Waals surface area contributed by atoms with E-state index in [1.54, 1.807) is 0 Å². The molecular weight excluding hydrogens is 204 g/mol. The van der Waals surface area contributed by atoms with Crippen LogP contribution in [0, 0.1) is 0 Å². The van der Waals surface area contributed by atoms with E-state index in [-0.39, 0.29) is 0 Å². The Morgan fingerprint density at radius 3 is 2.67 bits per heavy atom. The highest BCUT2D eigenvalue weighted by molar-refractivity contribution is 6.76. The van der Waals surface area contributed by atoms with Crippen LogP contribution in [0.15, 0.2) is 12.3 Å². The Labute approximate surface area is 93.5 Å². The number of ether oxygens (including phenoxy) is 1.